The van der Waals surface area contributed by atoms with Gasteiger partial charge in [-0.05, 0) is 12.1 Å². The van der Waals surface area contributed by atoms with Crippen molar-refractivity contribution in [2.24, 2.45) is 0 Å². The molecule has 166 valence electrons. The molecule has 1 amide bonds. The van der Waals surface area contributed by atoms with Crippen molar-refractivity contribution in [3.8, 4) is 11.8 Å². The molecule has 0 saturated carbocycles. The first-order chi connectivity index (χ1) is 15.6. The zero-order chi connectivity index (χ0) is 22.1. The second kappa shape index (κ2) is 8.50. The fourth-order valence-electron chi connectivity index (χ4n) is 3.65. The molecule has 11 heteroatoms. The van der Waals surface area contributed by atoms with E-state index < -0.39 is 6.43 Å². The molecule has 2 aliphatic rings. The fraction of sp³-hybridized carbons (Fsp3) is 0.333. The van der Waals surface area contributed by atoms with Crippen molar-refractivity contribution in [1.29, 1.82) is 0 Å². The molecule has 9 nitrogen and oxygen atoms in total. The molecule has 2 aliphatic heterocycles. The van der Waals surface area contributed by atoms with Crippen molar-refractivity contribution in [2.45, 2.75) is 13.0 Å². The van der Waals surface area contributed by atoms with E-state index in [1.165, 1.54) is 6.07 Å². The Balaban J connectivity index is 1.55. The number of nitrogens with one attached hydrogen (secondary N) is 1. The Labute approximate surface area is 181 Å². The molecule has 1 N–H and O–H groups in total. The van der Waals surface area contributed by atoms with Gasteiger partial charge in [-0.15, -0.1) is 0 Å². The molecule has 32 heavy (non-hydrogen) atoms. The Morgan fingerprint density at radius 1 is 1.12 bits per heavy atom. The number of ether oxygens (including phenoxy) is 3. The zero-order valence-corrected chi connectivity index (χ0v) is 16.9. The lowest BCUT2D eigenvalue weighted by Crippen LogP contribution is -2.42. The molecule has 0 spiro atoms. The number of carbonyl (C=O) groups excluding carboxylic acids is 1. The summed E-state index contributed by atoms with van der Waals surface area (Å²) in [7, 11) is 0. The number of aromatic nitrogens is 3. The highest BCUT2D eigenvalue weighted by Crippen LogP contribution is 2.34. The summed E-state index contributed by atoms with van der Waals surface area (Å²) >= 11 is 0. The van der Waals surface area contributed by atoms with Crippen LogP contribution in [0.2, 0.25) is 0 Å². The summed E-state index contributed by atoms with van der Waals surface area (Å²) in [6.07, 6.45) is -1.12. The van der Waals surface area contributed by atoms with Crippen molar-refractivity contribution in [3.05, 3.63) is 41.6 Å². The highest BCUT2D eigenvalue weighted by molar-refractivity contribution is 5.97. The molecular weight excluding hydrogens is 424 g/mol. The van der Waals surface area contributed by atoms with Gasteiger partial charge in [0.05, 0.1) is 30.4 Å². The van der Waals surface area contributed by atoms with E-state index in [1.54, 1.807) is 29.3 Å². The predicted molar refractivity (Wildman–Crippen MR) is 110 cm³/mol. The van der Waals surface area contributed by atoms with Gasteiger partial charge < -0.3 is 19.5 Å². The molecule has 0 radical (unpaired) electrons. The predicted octanol–water partition coefficient (Wildman–Crippen LogP) is 2.71. The zero-order valence-electron chi connectivity index (χ0n) is 16.9. The van der Waals surface area contributed by atoms with Gasteiger partial charge in [-0.1, -0.05) is 12.1 Å². The maximum absolute atomic E-state index is 13.5. The number of anilines is 2. The van der Waals surface area contributed by atoms with Crippen LogP contribution in [0.15, 0.2) is 30.5 Å². The smallest absolute Gasteiger partial charge is 0.319 e. The summed E-state index contributed by atoms with van der Waals surface area (Å²) < 4.78 is 43.4. The van der Waals surface area contributed by atoms with Gasteiger partial charge >= 0.3 is 6.01 Å². The van der Waals surface area contributed by atoms with E-state index >= 15 is 0 Å². The van der Waals surface area contributed by atoms with E-state index in [0.717, 1.165) is 0 Å². The molecule has 0 aliphatic carbocycles. The summed E-state index contributed by atoms with van der Waals surface area (Å²) in [6, 6.07) is 6.46. The van der Waals surface area contributed by atoms with Gasteiger partial charge in [0.25, 0.3) is 12.3 Å². The number of rotatable bonds is 2. The van der Waals surface area contributed by atoms with Crippen LogP contribution in [0.4, 0.5) is 20.4 Å². The lowest BCUT2D eigenvalue weighted by molar-refractivity contribution is -0.125. The van der Waals surface area contributed by atoms with Gasteiger partial charge in [-0.25, -0.2) is 13.8 Å². The monoisotopic (exact) mass is 443 g/mol. The quantitative estimate of drug-likeness (QED) is 0.646. The minimum atomic E-state index is -2.67. The minimum absolute atomic E-state index is 0.00262. The Morgan fingerprint density at radius 2 is 2.00 bits per heavy atom. The number of morpholine rings is 1. The topological polar surface area (TPSA) is 98.7 Å². The lowest BCUT2D eigenvalue weighted by Gasteiger charge is -2.26. The van der Waals surface area contributed by atoms with Gasteiger partial charge in [0.1, 0.15) is 37.2 Å². The summed E-state index contributed by atoms with van der Waals surface area (Å²) in [5.74, 6) is 0.839. The summed E-state index contributed by atoms with van der Waals surface area (Å²) in [5, 5.41) is 3.80. The van der Waals surface area contributed by atoms with Gasteiger partial charge in [-0.3, -0.25) is 9.69 Å². The van der Waals surface area contributed by atoms with Crippen molar-refractivity contribution >= 4 is 28.4 Å². The van der Waals surface area contributed by atoms with Gasteiger partial charge in [0.2, 0.25) is 0 Å². The van der Waals surface area contributed by atoms with E-state index in [9.17, 15) is 13.6 Å². The first-order valence-electron chi connectivity index (χ1n) is 10.1. The maximum Gasteiger partial charge on any atom is 0.319 e. The van der Waals surface area contributed by atoms with Crippen LogP contribution < -0.4 is 19.7 Å². The molecule has 0 unspecified atom stereocenters. The summed E-state index contributed by atoms with van der Waals surface area (Å²) in [4.78, 5) is 26.9. The highest BCUT2D eigenvalue weighted by atomic mass is 19.3. The molecule has 2 bridgehead atoms. The molecule has 1 fully saturated rings. The van der Waals surface area contributed by atoms with Gasteiger partial charge in [0, 0.05) is 17.5 Å². The third kappa shape index (κ3) is 3.86. The highest BCUT2D eigenvalue weighted by Gasteiger charge is 2.23. The third-order valence-electron chi connectivity index (χ3n) is 5.18. The number of pyridine rings is 1. The first-order valence-corrected chi connectivity index (χ1v) is 10.1. The summed E-state index contributed by atoms with van der Waals surface area (Å²) in [6.45, 7) is 1.14. The van der Waals surface area contributed by atoms with E-state index in [0.29, 0.717) is 41.3 Å². The number of carbonyl (C=O) groups is 1. The number of nitrogens with zero attached hydrogens (tertiary/aromatic N) is 4. The number of benzene rings is 1. The maximum atomic E-state index is 13.5. The van der Waals surface area contributed by atoms with E-state index in [2.05, 4.69) is 20.3 Å². The Hall–Kier alpha value is -3.60. The molecule has 4 heterocycles. The van der Waals surface area contributed by atoms with Crippen LogP contribution in [0.5, 0.6) is 11.8 Å². The van der Waals surface area contributed by atoms with Crippen molar-refractivity contribution in [2.75, 3.05) is 43.2 Å². The third-order valence-corrected chi connectivity index (χ3v) is 5.18. The van der Waals surface area contributed by atoms with Gasteiger partial charge in [0.15, 0.2) is 0 Å². The van der Waals surface area contributed by atoms with Crippen molar-refractivity contribution < 1.29 is 27.8 Å². The van der Waals surface area contributed by atoms with Crippen LogP contribution in [0.25, 0.3) is 10.9 Å². The molecule has 0 atom stereocenters. The number of halogens is 2. The number of hydrogen-bond acceptors (Lipinski definition) is 8. The number of alkyl halides is 2. The molecule has 5 rings (SSSR count). The summed E-state index contributed by atoms with van der Waals surface area (Å²) in [5.41, 5.74) is 0.905. The SMILES string of the molecule is O=C1COCCN1c1cc2c3nc(nc2cn1)OCCOc1c(cccc1C(F)F)CN3. The largest absolute Gasteiger partial charge is 0.489 e. The molecule has 1 saturated heterocycles. The van der Waals surface area contributed by atoms with E-state index in [-0.39, 0.29) is 49.6 Å². The Morgan fingerprint density at radius 3 is 2.84 bits per heavy atom. The fourth-order valence-corrected chi connectivity index (χ4v) is 3.65. The average Bonchev–Trinajstić information content (AvgIpc) is 2.83. The van der Waals surface area contributed by atoms with Crippen LogP contribution in [-0.2, 0) is 16.1 Å². The van der Waals surface area contributed by atoms with Crippen LogP contribution in [0, 0.1) is 0 Å². The molecule has 3 aromatic rings. The van der Waals surface area contributed by atoms with E-state index in [1.807, 2.05) is 0 Å². The van der Waals surface area contributed by atoms with Crippen LogP contribution in [0.3, 0.4) is 0 Å². The number of para-hydroxylation sites is 1. The second-order valence-electron chi connectivity index (χ2n) is 7.20. The number of fused-ring (bicyclic) bond motifs is 5. The number of amides is 1. The lowest BCUT2D eigenvalue weighted by atomic mass is 10.1. The Bertz CT molecular complexity index is 1180. The van der Waals surface area contributed by atoms with Crippen LogP contribution in [-0.4, -0.2) is 53.8 Å². The minimum Gasteiger partial charge on any atom is -0.489 e. The van der Waals surface area contributed by atoms with Gasteiger partial charge in [-0.2, -0.15) is 9.97 Å². The molecule has 1 aromatic carbocycles. The number of hydrogen-bond donors (Lipinski definition) is 1. The van der Waals surface area contributed by atoms with Crippen LogP contribution >= 0.6 is 0 Å². The molecular formula is C21H19F2N5O4. The first kappa shape index (κ1) is 20.3. The normalized spacial score (nSPS) is 16.6. The average molecular weight is 443 g/mol. The second-order valence-corrected chi connectivity index (χ2v) is 7.20. The Kier molecular flexibility index (Phi) is 5.39. The molecule has 2 aromatic heterocycles. The van der Waals surface area contributed by atoms with E-state index in [4.69, 9.17) is 14.2 Å². The van der Waals surface area contributed by atoms with Crippen molar-refractivity contribution in [3.63, 3.8) is 0 Å². The standard InChI is InChI=1S/C21H19F2N5O4/c22-19(23)13-3-1-2-12-9-25-20-14-8-16(28-4-5-30-11-17(28)29)24-10-15(14)26-21(27-20)32-7-6-31-18(12)13/h1-3,8,10,19H,4-7,9,11H2,(H,25,26,27). The van der Waals surface area contributed by atoms with Crippen LogP contribution in [0.1, 0.15) is 17.6 Å². The van der Waals surface area contributed by atoms with Crippen molar-refractivity contribution in [1.82, 2.24) is 15.0 Å².